The fourth-order valence-electron chi connectivity index (χ4n) is 8.89. The lowest BCUT2D eigenvalue weighted by atomic mass is 9.95. The molecule has 0 bridgehead atoms. The third-order valence-corrected chi connectivity index (χ3v) is 13.7. The number of carbonyl (C=O) groups excluding carboxylic acids is 3. The van der Waals surface area contributed by atoms with Crippen molar-refractivity contribution >= 4 is 17.7 Å². The summed E-state index contributed by atoms with van der Waals surface area (Å²) < 4.78 is 56.9. The van der Waals surface area contributed by atoms with E-state index in [1.807, 2.05) is 64.1 Å². The number of methoxy groups -OCH3 is 1. The van der Waals surface area contributed by atoms with E-state index >= 15 is 0 Å². The number of amides is 3. The SMILES string of the molecule is CC(C)(C)c1ncc(CC(=O)N(Cc2ccccc2)CC(O)c2cccnc2)cn1.CCCN(CC(O)c1cnccc1OC)C(=O)Cc1cnc(C(C)(C)C)nc1.O=C(Cc1ccc(C(F)(F)F)nc1)N(Cc1cccc(F)c1)CC(O)c1cccnc1. The number of ether oxygens (including phenoxy) is 1. The lowest BCUT2D eigenvalue weighted by Crippen LogP contribution is -2.36. The van der Waals surface area contributed by atoms with E-state index in [4.69, 9.17) is 4.74 Å². The standard InChI is InChI=1S/C24H28N4O2.C22H19F4N3O2.C21H30N4O3/c1-24(2,3)23-26-13-19(14-27-23)12-22(30)28(16-18-8-5-4-6-9-18)17-21(29)20-10-7-11-25-15-20;23-18-5-1-3-16(9-18)13-29(14-19(30)17-4-2-8-27-12-17)21(31)10-15-6-7-20(28-11-15)22(24,25)26;1-6-9-25(14-17(26)16-13-22-8-7-18(16)28-5)19(27)10-15-11-23-20(24-12-15)21(2,3)4/h4-11,13-15,21,29H,12,16-17H2,1-3H3;1-9,11-12,19,30H,10,13-14H2;7-8,11-13,17,26H,6,9-10,14H2,1-5H3. The van der Waals surface area contributed by atoms with E-state index in [1.165, 1.54) is 35.4 Å². The van der Waals surface area contributed by atoms with Gasteiger partial charge >= 0.3 is 6.18 Å². The number of carbonyl (C=O) groups is 3. The van der Waals surface area contributed by atoms with Crippen LogP contribution in [0.15, 0.2) is 165 Å². The number of aliphatic hydroxyl groups excluding tert-OH is 3. The quantitative estimate of drug-likeness (QED) is 0.0536. The minimum atomic E-state index is -4.57. The number of alkyl halides is 3. The van der Waals surface area contributed by atoms with Crippen LogP contribution in [0.2, 0.25) is 0 Å². The van der Waals surface area contributed by atoms with Crippen LogP contribution in [0.25, 0.3) is 0 Å². The minimum absolute atomic E-state index is 0.0159. The second kappa shape index (κ2) is 32.8. The van der Waals surface area contributed by atoms with E-state index in [0.29, 0.717) is 41.1 Å². The van der Waals surface area contributed by atoms with Crippen molar-refractivity contribution in [1.29, 1.82) is 0 Å². The monoisotopic (exact) mass is 1220 g/mol. The van der Waals surface area contributed by atoms with Gasteiger partial charge in [-0.3, -0.25) is 34.3 Å². The van der Waals surface area contributed by atoms with Crippen molar-refractivity contribution in [3.05, 3.63) is 233 Å². The van der Waals surface area contributed by atoms with E-state index in [-0.39, 0.29) is 73.6 Å². The first-order valence-corrected chi connectivity index (χ1v) is 28.9. The molecule has 0 aliphatic carbocycles. The molecule has 3 N–H and O–H groups in total. The maximum atomic E-state index is 13.6. The number of pyridine rings is 4. The highest BCUT2D eigenvalue weighted by atomic mass is 19.4. The number of hydrogen-bond donors (Lipinski definition) is 3. The Bertz CT molecular complexity index is 3450. The van der Waals surface area contributed by atoms with E-state index in [9.17, 15) is 47.3 Å². The molecule has 8 aromatic rings. The molecule has 0 radical (unpaired) electrons. The molecule has 3 unspecified atom stereocenters. The van der Waals surface area contributed by atoms with Gasteiger partial charge in [-0.2, -0.15) is 13.2 Å². The summed E-state index contributed by atoms with van der Waals surface area (Å²) in [5.74, 6) is 0.959. The number of aromatic nitrogens is 8. The average molecular weight is 1220 g/mol. The zero-order valence-corrected chi connectivity index (χ0v) is 51.3. The molecule has 0 spiro atoms. The summed E-state index contributed by atoms with van der Waals surface area (Å²) in [5, 5.41) is 31.8. The predicted octanol–water partition coefficient (Wildman–Crippen LogP) is 10.1. The highest BCUT2D eigenvalue weighted by Crippen LogP contribution is 2.29. The van der Waals surface area contributed by atoms with Gasteiger partial charge in [0, 0.05) is 115 Å². The van der Waals surface area contributed by atoms with Gasteiger partial charge in [-0.25, -0.2) is 24.3 Å². The molecule has 0 aliphatic rings. The van der Waals surface area contributed by atoms with Crippen molar-refractivity contribution in [2.45, 2.75) is 123 Å². The van der Waals surface area contributed by atoms with E-state index < -0.39 is 41.9 Å². The first kappa shape index (κ1) is 69.1. The lowest BCUT2D eigenvalue weighted by molar-refractivity contribution is -0.141. The van der Waals surface area contributed by atoms with Crippen LogP contribution in [-0.4, -0.2) is 121 Å². The van der Waals surface area contributed by atoms with E-state index in [1.54, 1.807) is 103 Å². The number of nitrogens with zero attached hydrogens (tertiary/aromatic N) is 11. The molecule has 6 heterocycles. The molecule has 470 valence electrons. The smallest absolute Gasteiger partial charge is 0.433 e. The molecular formula is C67H77F4N11O7. The fourth-order valence-corrected chi connectivity index (χ4v) is 8.89. The predicted molar refractivity (Wildman–Crippen MR) is 327 cm³/mol. The zero-order valence-electron chi connectivity index (χ0n) is 51.3. The highest BCUT2D eigenvalue weighted by Gasteiger charge is 2.32. The van der Waals surface area contributed by atoms with Crippen molar-refractivity contribution in [3.8, 4) is 5.75 Å². The number of aliphatic hydroxyl groups is 3. The molecular weight excluding hydrogens is 1150 g/mol. The van der Waals surface area contributed by atoms with Crippen molar-refractivity contribution in [3.63, 3.8) is 0 Å². The lowest BCUT2D eigenvalue weighted by Gasteiger charge is -2.26. The highest BCUT2D eigenvalue weighted by molar-refractivity contribution is 5.80. The summed E-state index contributed by atoms with van der Waals surface area (Å²) in [6.07, 6.45) is 10.9. The summed E-state index contributed by atoms with van der Waals surface area (Å²) in [6.45, 7) is 15.5. The van der Waals surface area contributed by atoms with Gasteiger partial charge in [0.1, 0.15) is 35.0 Å². The molecule has 0 saturated carbocycles. The first-order valence-electron chi connectivity index (χ1n) is 28.9. The Morgan fingerprint density at radius 3 is 1.43 bits per heavy atom. The van der Waals surface area contributed by atoms with E-state index in [2.05, 4.69) is 60.6 Å². The first-order chi connectivity index (χ1) is 42.3. The van der Waals surface area contributed by atoms with Gasteiger partial charge in [-0.15, -0.1) is 0 Å². The Kier molecular flexibility index (Phi) is 25.5. The number of rotatable bonds is 22. The maximum absolute atomic E-state index is 13.6. The van der Waals surface area contributed by atoms with Gasteiger partial charge in [0.2, 0.25) is 17.7 Å². The van der Waals surface area contributed by atoms with Gasteiger partial charge in [0.25, 0.3) is 0 Å². The van der Waals surface area contributed by atoms with Crippen LogP contribution in [0.3, 0.4) is 0 Å². The molecule has 6 aromatic heterocycles. The second-order valence-electron chi connectivity index (χ2n) is 23.2. The van der Waals surface area contributed by atoms with Crippen molar-refractivity contribution < 1.29 is 52.0 Å². The Morgan fingerprint density at radius 2 is 0.978 bits per heavy atom. The van der Waals surface area contributed by atoms with Crippen molar-refractivity contribution in [1.82, 2.24) is 54.6 Å². The normalized spacial score (nSPS) is 12.4. The fraction of sp³-hybridized carbons (Fsp3) is 0.358. The van der Waals surface area contributed by atoms with Gasteiger partial charge in [0.15, 0.2) is 0 Å². The van der Waals surface area contributed by atoms with Crippen LogP contribution >= 0.6 is 0 Å². The van der Waals surface area contributed by atoms with Crippen molar-refractivity contribution in [2.24, 2.45) is 0 Å². The average Bonchev–Trinajstić information content (AvgIpc) is 3.14. The third kappa shape index (κ3) is 22.3. The van der Waals surface area contributed by atoms with Gasteiger partial charge < -0.3 is 34.8 Å². The molecule has 2 aromatic carbocycles. The molecule has 3 amide bonds. The number of halogens is 4. The summed E-state index contributed by atoms with van der Waals surface area (Å²) in [6, 6.07) is 26.0. The van der Waals surface area contributed by atoms with Crippen LogP contribution in [0.4, 0.5) is 17.6 Å². The Hall–Kier alpha value is -8.99. The Morgan fingerprint density at radius 1 is 0.506 bits per heavy atom. The third-order valence-electron chi connectivity index (χ3n) is 13.7. The van der Waals surface area contributed by atoms with Crippen LogP contribution in [0, 0.1) is 5.82 Å². The second-order valence-corrected chi connectivity index (χ2v) is 23.2. The summed E-state index contributed by atoms with van der Waals surface area (Å²) in [4.78, 5) is 76.5. The van der Waals surface area contributed by atoms with Crippen LogP contribution in [0.5, 0.6) is 5.75 Å². The largest absolute Gasteiger partial charge is 0.496 e. The molecule has 0 aliphatic heterocycles. The molecule has 18 nitrogen and oxygen atoms in total. The molecule has 3 atom stereocenters. The molecule has 0 saturated heterocycles. The maximum Gasteiger partial charge on any atom is 0.433 e. The molecule has 89 heavy (non-hydrogen) atoms. The number of hydrogen-bond acceptors (Lipinski definition) is 15. The topological polar surface area (TPSA) is 234 Å². The summed E-state index contributed by atoms with van der Waals surface area (Å²) in [5.41, 5.74) is 3.73. The van der Waals surface area contributed by atoms with Gasteiger partial charge in [-0.05, 0) is 70.6 Å². The van der Waals surface area contributed by atoms with Gasteiger partial charge in [-0.1, -0.05) is 109 Å². The minimum Gasteiger partial charge on any atom is -0.496 e. The van der Waals surface area contributed by atoms with E-state index in [0.717, 1.165) is 47.0 Å². The van der Waals surface area contributed by atoms with Crippen LogP contribution < -0.4 is 4.74 Å². The van der Waals surface area contributed by atoms with Crippen LogP contribution in [0.1, 0.15) is 135 Å². The zero-order chi connectivity index (χ0) is 64.7. The Balaban J connectivity index is 0.000000213. The molecule has 0 fully saturated rings. The molecule has 8 rings (SSSR count). The number of benzene rings is 2. The summed E-state index contributed by atoms with van der Waals surface area (Å²) in [7, 11) is 1.54. The Labute approximate surface area is 516 Å². The van der Waals surface area contributed by atoms with Crippen LogP contribution in [-0.2, 0) is 63.7 Å². The summed E-state index contributed by atoms with van der Waals surface area (Å²) >= 11 is 0. The molecule has 22 heteroatoms. The van der Waals surface area contributed by atoms with Gasteiger partial charge in [0.05, 0.1) is 58.2 Å². The van der Waals surface area contributed by atoms with Crippen molar-refractivity contribution in [2.75, 3.05) is 33.3 Å².